The van der Waals surface area contributed by atoms with Gasteiger partial charge in [-0.25, -0.2) is 4.98 Å². The summed E-state index contributed by atoms with van der Waals surface area (Å²) in [5.41, 5.74) is 4.51. The Bertz CT molecular complexity index is 647. The molecule has 1 aliphatic heterocycles. The molecule has 1 amide bonds. The van der Waals surface area contributed by atoms with Crippen LogP contribution in [0.5, 0.6) is 0 Å². The number of anilines is 1. The molecule has 0 bridgehead atoms. The van der Waals surface area contributed by atoms with E-state index in [9.17, 15) is 4.79 Å². The topological polar surface area (TPSA) is 59.0 Å². The van der Waals surface area contributed by atoms with Crippen LogP contribution in [0.1, 0.15) is 28.0 Å². The first-order valence-corrected chi connectivity index (χ1v) is 7.35. The average Bonchev–Trinajstić information content (AvgIpc) is 2.93. The van der Waals surface area contributed by atoms with E-state index in [4.69, 9.17) is 0 Å². The van der Waals surface area contributed by atoms with Gasteiger partial charge in [0.15, 0.2) is 0 Å². The van der Waals surface area contributed by atoms with E-state index in [1.807, 2.05) is 7.05 Å². The number of amides is 1. The average molecular weight is 284 g/mol. The van der Waals surface area contributed by atoms with Crippen molar-refractivity contribution in [3.8, 4) is 0 Å². The fourth-order valence-corrected chi connectivity index (χ4v) is 2.77. The molecule has 110 valence electrons. The van der Waals surface area contributed by atoms with Gasteiger partial charge in [0, 0.05) is 25.8 Å². The molecule has 0 radical (unpaired) electrons. The molecule has 5 nitrogen and oxygen atoms in total. The van der Waals surface area contributed by atoms with Crippen molar-refractivity contribution in [1.29, 1.82) is 0 Å². The Morgan fingerprint density at radius 2 is 2.38 bits per heavy atom. The summed E-state index contributed by atoms with van der Waals surface area (Å²) in [7, 11) is 1.82. The molecule has 0 atom stereocenters. The summed E-state index contributed by atoms with van der Waals surface area (Å²) in [6, 6.07) is 6.41. The molecule has 2 aromatic rings. The van der Waals surface area contributed by atoms with Crippen LogP contribution in [-0.4, -0.2) is 28.5 Å². The minimum Gasteiger partial charge on any atom is -0.385 e. The quantitative estimate of drug-likeness (QED) is 0.899. The number of rotatable bonds is 4. The maximum Gasteiger partial charge on any atom is 0.269 e. The molecule has 0 saturated heterocycles. The third-order valence-electron chi connectivity index (χ3n) is 3.89. The molecule has 21 heavy (non-hydrogen) atoms. The van der Waals surface area contributed by atoms with E-state index in [-0.39, 0.29) is 5.91 Å². The Balaban J connectivity index is 1.61. The van der Waals surface area contributed by atoms with Crippen molar-refractivity contribution in [2.45, 2.75) is 19.3 Å². The van der Waals surface area contributed by atoms with Gasteiger partial charge in [-0.05, 0) is 30.4 Å². The summed E-state index contributed by atoms with van der Waals surface area (Å²) in [5, 5.41) is 6.43. The summed E-state index contributed by atoms with van der Waals surface area (Å²) < 4.78 is 1.72. The van der Waals surface area contributed by atoms with Gasteiger partial charge in [0.25, 0.3) is 5.91 Å². The molecule has 0 fully saturated rings. The predicted molar refractivity (Wildman–Crippen MR) is 82.5 cm³/mol. The summed E-state index contributed by atoms with van der Waals surface area (Å²) in [5.74, 6) is -0.0762. The van der Waals surface area contributed by atoms with E-state index in [0.29, 0.717) is 12.2 Å². The third-order valence-corrected chi connectivity index (χ3v) is 3.89. The SMILES string of the molecule is Cn1cncc1C(=O)NCCc1cccc2c1NCCC2. The molecule has 5 heteroatoms. The number of carbonyl (C=O) groups excluding carboxylic acids is 1. The lowest BCUT2D eigenvalue weighted by molar-refractivity contribution is 0.0946. The van der Waals surface area contributed by atoms with Crippen LogP contribution in [0.2, 0.25) is 0 Å². The Hall–Kier alpha value is -2.30. The lowest BCUT2D eigenvalue weighted by Gasteiger charge is -2.21. The van der Waals surface area contributed by atoms with E-state index < -0.39 is 0 Å². The van der Waals surface area contributed by atoms with E-state index >= 15 is 0 Å². The first kappa shape index (κ1) is 13.7. The van der Waals surface area contributed by atoms with Crippen LogP contribution in [-0.2, 0) is 19.9 Å². The molecule has 0 saturated carbocycles. The van der Waals surface area contributed by atoms with Crippen molar-refractivity contribution >= 4 is 11.6 Å². The van der Waals surface area contributed by atoms with Gasteiger partial charge in [-0.1, -0.05) is 18.2 Å². The maximum atomic E-state index is 12.0. The van der Waals surface area contributed by atoms with E-state index in [1.54, 1.807) is 17.1 Å². The van der Waals surface area contributed by atoms with Gasteiger partial charge in [-0.2, -0.15) is 0 Å². The van der Waals surface area contributed by atoms with Crippen LogP contribution in [0.25, 0.3) is 0 Å². The highest BCUT2D eigenvalue weighted by Gasteiger charge is 2.13. The van der Waals surface area contributed by atoms with Crippen LogP contribution in [0, 0.1) is 0 Å². The largest absolute Gasteiger partial charge is 0.385 e. The standard InChI is InChI=1S/C16H20N4O/c1-20-11-17-10-14(20)16(21)19-9-7-13-5-2-4-12-6-3-8-18-15(12)13/h2,4-5,10-11,18H,3,6-9H2,1H3,(H,19,21). The Labute approximate surface area is 124 Å². The van der Waals surface area contributed by atoms with Gasteiger partial charge < -0.3 is 15.2 Å². The number of imidazole rings is 1. The fourth-order valence-electron chi connectivity index (χ4n) is 2.77. The Kier molecular flexibility index (Phi) is 3.90. The second-order valence-electron chi connectivity index (χ2n) is 5.38. The number of para-hydroxylation sites is 1. The highest BCUT2D eigenvalue weighted by atomic mass is 16.1. The number of nitrogens with one attached hydrogen (secondary N) is 2. The zero-order chi connectivity index (χ0) is 14.7. The number of hydrogen-bond acceptors (Lipinski definition) is 3. The monoisotopic (exact) mass is 284 g/mol. The van der Waals surface area contributed by atoms with Gasteiger partial charge >= 0.3 is 0 Å². The first-order chi connectivity index (χ1) is 10.3. The highest BCUT2D eigenvalue weighted by Crippen LogP contribution is 2.26. The van der Waals surface area contributed by atoms with Crippen molar-refractivity contribution in [3.63, 3.8) is 0 Å². The number of nitrogens with zero attached hydrogens (tertiary/aromatic N) is 2. The minimum absolute atomic E-state index is 0.0762. The maximum absolute atomic E-state index is 12.0. The van der Waals surface area contributed by atoms with Crippen LogP contribution in [0.15, 0.2) is 30.7 Å². The van der Waals surface area contributed by atoms with Crippen molar-refractivity contribution in [1.82, 2.24) is 14.9 Å². The second kappa shape index (κ2) is 5.99. The zero-order valence-electron chi connectivity index (χ0n) is 12.2. The third kappa shape index (κ3) is 2.91. The number of benzene rings is 1. The fraction of sp³-hybridized carbons (Fsp3) is 0.375. The molecule has 2 heterocycles. The molecule has 3 rings (SSSR count). The molecular formula is C16H20N4O. The van der Waals surface area contributed by atoms with Crippen LogP contribution >= 0.6 is 0 Å². The first-order valence-electron chi connectivity index (χ1n) is 7.35. The van der Waals surface area contributed by atoms with Crippen molar-refractivity contribution in [3.05, 3.63) is 47.5 Å². The molecular weight excluding hydrogens is 264 g/mol. The number of hydrogen-bond donors (Lipinski definition) is 2. The molecule has 1 aliphatic rings. The Morgan fingerprint density at radius 1 is 1.48 bits per heavy atom. The lowest BCUT2D eigenvalue weighted by Crippen LogP contribution is -2.27. The van der Waals surface area contributed by atoms with Crippen LogP contribution in [0.4, 0.5) is 5.69 Å². The number of carbonyl (C=O) groups is 1. The number of aryl methyl sites for hydroxylation is 2. The van der Waals surface area contributed by atoms with E-state index in [0.717, 1.165) is 19.4 Å². The smallest absolute Gasteiger partial charge is 0.269 e. The molecule has 0 aliphatic carbocycles. The molecule has 0 spiro atoms. The second-order valence-corrected chi connectivity index (χ2v) is 5.38. The summed E-state index contributed by atoms with van der Waals surface area (Å²) in [4.78, 5) is 16.0. The molecule has 1 aromatic carbocycles. The number of aromatic nitrogens is 2. The molecule has 1 aromatic heterocycles. The van der Waals surface area contributed by atoms with Gasteiger partial charge in [0.1, 0.15) is 5.69 Å². The molecule has 2 N–H and O–H groups in total. The normalized spacial score (nSPS) is 13.4. The van der Waals surface area contributed by atoms with E-state index in [2.05, 4.69) is 33.8 Å². The van der Waals surface area contributed by atoms with Gasteiger partial charge in [-0.3, -0.25) is 4.79 Å². The highest BCUT2D eigenvalue weighted by molar-refractivity contribution is 5.92. The van der Waals surface area contributed by atoms with Crippen LogP contribution in [0.3, 0.4) is 0 Å². The van der Waals surface area contributed by atoms with Crippen LogP contribution < -0.4 is 10.6 Å². The summed E-state index contributed by atoms with van der Waals surface area (Å²) >= 11 is 0. The predicted octanol–water partition coefficient (Wildman–Crippen LogP) is 1.75. The van der Waals surface area contributed by atoms with Crippen molar-refractivity contribution in [2.75, 3.05) is 18.4 Å². The van der Waals surface area contributed by atoms with Crippen molar-refractivity contribution < 1.29 is 4.79 Å². The lowest BCUT2D eigenvalue weighted by atomic mass is 9.98. The van der Waals surface area contributed by atoms with E-state index in [1.165, 1.54) is 23.2 Å². The van der Waals surface area contributed by atoms with Crippen molar-refractivity contribution in [2.24, 2.45) is 7.05 Å². The van der Waals surface area contributed by atoms with Gasteiger partial charge in [-0.15, -0.1) is 0 Å². The number of fused-ring (bicyclic) bond motifs is 1. The summed E-state index contributed by atoms with van der Waals surface area (Å²) in [6.45, 7) is 1.66. The minimum atomic E-state index is -0.0762. The zero-order valence-corrected chi connectivity index (χ0v) is 12.2. The molecule has 0 unspecified atom stereocenters. The summed E-state index contributed by atoms with van der Waals surface area (Å²) in [6.07, 6.45) is 6.37. The van der Waals surface area contributed by atoms with Gasteiger partial charge in [0.05, 0.1) is 12.5 Å². The van der Waals surface area contributed by atoms with Gasteiger partial charge in [0.2, 0.25) is 0 Å². The Morgan fingerprint density at radius 3 is 3.19 bits per heavy atom.